The molecule has 1 heterocycles. The summed E-state index contributed by atoms with van der Waals surface area (Å²) in [6, 6.07) is 12.8. The molecular weight excluding hydrogens is 390 g/mol. The van der Waals surface area contributed by atoms with E-state index in [-0.39, 0.29) is 31.3 Å². The van der Waals surface area contributed by atoms with Gasteiger partial charge in [0.15, 0.2) is 0 Å². The molecule has 0 saturated carbocycles. The van der Waals surface area contributed by atoms with E-state index in [2.05, 4.69) is 5.32 Å². The van der Waals surface area contributed by atoms with Crippen molar-refractivity contribution in [2.45, 2.75) is 26.7 Å². The summed E-state index contributed by atoms with van der Waals surface area (Å²) in [6.07, 6.45) is 1.65. The summed E-state index contributed by atoms with van der Waals surface area (Å²) in [4.78, 5) is 26.1. The number of benzene rings is 2. The molecule has 7 nitrogen and oxygen atoms in total. The molecule has 29 heavy (non-hydrogen) atoms. The number of nitrogens with one attached hydrogen (secondary N) is 1. The molecule has 8 heteroatoms. The normalized spacial score (nSPS) is 13.6. The number of carbonyl (C=O) groups is 2. The number of rotatable bonds is 6. The molecule has 2 aromatic rings. The molecule has 0 radical (unpaired) electrons. The van der Waals surface area contributed by atoms with Crippen molar-refractivity contribution >= 4 is 38.9 Å². The highest BCUT2D eigenvalue weighted by Gasteiger charge is 2.26. The molecule has 1 N–H and O–H groups in total. The van der Waals surface area contributed by atoms with Crippen LogP contribution < -0.4 is 14.5 Å². The quantitative estimate of drug-likeness (QED) is 0.786. The summed E-state index contributed by atoms with van der Waals surface area (Å²) in [5.41, 5.74) is 3.80. The smallest absolute Gasteiger partial charge is 0.244 e. The maximum absolute atomic E-state index is 12.8. The zero-order chi connectivity index (χ0) is 21.2. The van der Waals surface area contributed by atoms with Gasteiger partial charge in [0.2, 0.25) is 21.8 Å². The van der Waals surface area contributed by atoms with Crippen LogP contribution in [0.3, 0.4) is 0 Å². The fourth-order valence-corrected chi connectivity index (χ4v) is 4.49. The van der Waals surface area contributed by atoms with Gasteiger partial charge in [-0.05, 0) is 55.7 Å². The predicted molar refractivity (Wildman–Crippen MR) is 115 cm³/mol. The van der Waals surface area contributed by atoms with Crippen LogP contribution in [0.4, 0.5) is 17.1 Å². The molecule has 0 unspecified atom stereocenters. The van der Waals surface area contributed by atoms with Crippen LogP contribution in [0.5, 0.6) is 0 Å². The summed E-state index contributed by atoms with van der Waals surface area (Å²) in [5.74, 6) is -0.453. The largest absolute Gasteiger partial charge is 0.323 e. The van der Waals surface area contributed by atoms with E-state index in [1.54, 1.807) is 18.2 Å². The lowest BCUT2D eigenvalue weighted by Crippen LogP contribution is -2.42. The van der Waals surface area contributed by atoms with E-state index in [0.29, 0.717) is 23.5 Å². The average Bonchev–Trinajstić information content (AvgIpc) is 2.62. The number of para-hydroxylation sites is 2. The minimum Gasteiger partial charge on any atom is -0.323 e. The van der Waals surface area contributed by atoms with E-state index in [1.165, 1.54) is 9.21 Å². The number of aryl methyl sites for hydroxylation is 2. The van der Waals surface area contributed by atoms with Gasteiger partial charge in [0.05, 0.1) is 23.3 Å². The number of anilines is 3. The summed E-state index contributed by atoms with van der Waals surface area (Å²) in [5, 5.41) is 2.75. The van der Waals surface area contributed by atoms with Gasteiger partial charge in [-0.3, -0.25) is 13.9 Å². The zero-order valence-electron chi connectivity index (χ0n) is 16.8. The van der Waals surface area contributed by atoms with Gasteiger partial charge in [-0.15, -0.1) is 0 Å². The molecule has 1 aliphatic heterocycles. The molecule has 3 rings (SSSR count). The molecular formula is C21H25N3O4S. The number of amides is 2. The highest BCUT2D eigenvalue weighted by atomic mass is 32.2. The Morgan fingerprint density at radius 3 is 2.45 bits per heavy atom. The third-order valence-corrected chi connectivity index (χ3v) is 5.91. The lowest BCUT2D eigenvalue weighted by atomic mass is 10.1. The van der Waals surface area contributed by atoms with Gasteiger partial charge in [0, 0.05) is 13.0 Å². The highest BCUT2D eigenvalue weighted by Crippen LogP contribution is 2.29. The summed E-state index contributed by atoms with van der Waals surface area (Å²) in [6.45, 7) is 3.98. The topological polar surface area (TPSA) is 86.8 Å². The number of hydrogen-bond donors (Lipinski definition) is 1. The van der Waals surface area contributed by atoms with Crippen molar-refractivity contribution in [1.29, 1.82) is 0 Å². The van der Waals surface area contributed by atoms with Crippen LogP contribution in [0.25, 0.3) is 0 Å². The van der Waals surface area contributed by atoms with E-state index in [9.17, 15) is 18.0 Å². The third kappa shape index (κ3) is 4.95. The van der Waals surface area contributed by atoms with Crippen molar-refractivity contribution in [1.82, 2.24) is 0 Å². The Balaban J connectivity index is 1.72. The number of fused-ring (bicyclic) bond motifs is 1. The van der Waals surface area contributed by atoms with Gasteiger partial charge in [-0.25, -0.2) is 8.42 Å². The van der Waals surface area contributed by atoms with Gasteiger partial charge < -0.3 is 10.2 Å². The summed E-state index contributed by atoms with van der Waals surface area (Å²) in [7, 11) is -3.49. The first-order valence-corrected chi connectivity index (χ1v) is 11.3. The Kier molecular flexibility index (Phi) is 5.93. The lowest BCUT2D eigenvalue weighted by Gasteiger charge is -2.29. The minimum atomic E-state index is -3.49. The number of nitrogens with zero attached hydrogens (tertiary/aromatic N) is 2. The van der Waals surface area contributed by atoms with E-state index < -0.39 is 10.0 Å². The number of sulfonamides is 1. The second kappa shape index (κ2) is 8.24. The molecule has 1 aliphatic rings. The van der Waals surface area contributed by atoms with Crippen LogP contribution >= 0.6 is 0 Å². The summed E-state index contributed by atoms with van der Waals surface area (Å²) >= 11 is 0. The zero-order valence-corrected chi connectivity index (χ0v) is 17.6. The van der Waals surface area contributed by atoms with Crippen molar-refractivity contribution in [2.24, 2.45) is 0 Å². The minimum absolute atomic E-state index is 0.0390. The molecule has 0 aromatic heterocycles. The predicted octanol–water partition coefficient (Wildman–Crippen LogP) is 2.83. The van der Waals surface area contributed by atoms with Gasteiger partial charge in [-0.1, -0.05) is 18.2 Å². The number of hydrogen-bond acceptors (Lipinski definition) is 4. The first-order chi connectivity index (χ1) is 13.6. The van der Waals surface area contributed by atoms with Crippen molar-refractivity contribution in [3.63, 3.8) is 0 Å². The second-order valence-electron chi connectivity index (χ2n) is 7.33. The Labute approximate surface area is 171 Å². The highest BCUT2D eigenvalue weighted by molar-refractivity contribution is 7.92. The van der Waals surface area contributed by atoms with E-state index >= 15 is 0 Å². The molecule has 0 fully saturated rings. The van der Waals surface area contributed by atoms with Gasteiger partial charge in [-0.2, -0.15) is 0 Å². The third-order valence-electron chi connectivity index (χ3n) is 4.72. The maximum atomic E-state index is 12.8. The van der Waals surface area contributed by atoms with Crippen molar-refractivity contribution in [2.75, 3.05) is 33.9 Å². The van der Waals surface area contributed by atoms with Gasteiger partial charge in [0.1, 0.15) is 6.54 Å². The van der Waals surface area contributed by atoms with Crippen LogP contribution in [0, 0.1) is 13.8 Å². The van der Waals surface area contributed by atoms with E-state index in [4.69, 9.17) is 0 Å². The van der Waals surface area contributed by atoms with Crippen molar-refractivity contribution in [3.8, 4) is 0 Å². The molecule has 0 saturated heterocycles. The van der Waals surface area contributed by atoms with Crippen LogP contribution in [-0.4, -0.2) is 39.6 Å². The maximum Gasteiger partial charge on any atom is 0.244 e. The van der Waals surface area contributed by atoms with E-state index in [1.807, 2.05) is 38.1 Å². The van der Waals surface area contributed by atoms with Crippen molar-refractivity contribution < 1.29 is 18.0 Å². The van der Waals surface area contributed by atoms with Crippen molar-refractivity contribution in [3.05, 3.63) is 53.6 Å². The fourth-order valence-electron chi connectivity index (χ4n) is 3.55. The van der Waals surface area contributed by atoms with E-state index in [0.717, 1.165) is 17.4 Å². The Morgan fingerprint density at radius 2 is 1.79 bits per heavy atom. The SMILES string of the molecule is Cc1cc(C)cc(N(CCCC(=O)N2CC(=O)Nc3ccccc32)S(C)(=O)=O)c1. The van der Waals surface area contributed by atoms with Gasteiger partial charge >= 0.3 is 0 Å². The second-order valence-corrected chi connectivity index (χ2v) is 9.24. The average molecular weight is 416 g/mol. The number of carbonyl (C=O) groups excluding carboxylic acids is 2. The molecule has 2 amide bonds. The van der Waals surface area contributed by atoms with Gasteiger partial charge in [0.25, 0.3) is 0 Å². The van der Waals surface area contributed by atoms with Crippen LogP contribution in [-0.2, 0) is 19.6 Å². The molecule has 2 aromatic carbocycles. The Bertz CT molecular complexity index is 1030. The van der Waals surface area contributed by atoms with Crippen LogP contribution in [0.2, 0.25) is 0 Å². The summed E-state index contributed by atoms with van der Waals surface area (Å²) < 4.78 is 26.0. The molecule has 0 spiro atoms. The fraction of sp³-hybridized carbons (Fsp3) is 0.333. The van der Waals surface area contributed by atoms with Crippen LogP contribution in [0.1, 0.15) is 24.0 Å². The van der Waals surface area contributed by atoms with Crippen LogP contribution in [0.15, 0.2) is 42.5 Å². The Hall–Kier alpha value is -2.87. The molecule has 154 valence electrons. The monoisotopic (exact) mass is 415 g/mol. The first kappa shape index (κ1) is 20.9. The molecule has 0 bridgehead atoms. The standard InChI is InChI=1S/C21H25N3O4S/c1-15-11-16(2)13-17(12-15)24(29(3,27)28)10-6-9-21(26)23-14-20(25)22-18-7-4-5-8-19(18)23/h4-5,7-8,11-13H,6,9-10,14H2,1-3H3,(H,22,25). The first-order valence-electron chi connectivity index (χ1n) is 9.40. The molecule has 0 atom stereocenters. The Morgan fingerprint density at radius 1 is 1.14 bits per heavy atom. The molecule has 0 aliphatic carbocycles. The lowest BCUT2D eigenvalue weighted by molar-refractivity contribution is -0.121.